The fourth-order valence-corrected chi connectivity index (χ4v) is 4.53. The van der Waals surface area contributed by atoms with E-state index in [1.54, 1.807) is 0 Å². The van der Waals surface area contributed by atoms with Gasteiger partial charge < -0.3 is 0 Å². The molecule has 2 aromatic carbocycles. The molecule has 0 aliphatic heterocycles. The number of aromatic nitrogens is 3. The van der Waals surface area contributed by atoms with Crippen molar-refractivity contribution in [3.63, 3.8) is 0 Å². The van der Waals surface area contributed by atoms with Crippen LogP contribution >= 0.6 is 11.8 Å². The summed E-state index contributed by atoms with van der Waals surface area (Å²) in [7, 11) is 0. The molecule has 4 rings (SSSR count). The van der Waals surface area contributed by atoms with E-state index in [0.717, 1.165) is 40.6 Å². The molecule has 1 aliphatic carbocycles. The Balaban J connectivity index is 1.53. The van der Waals surface area contributed by atoms with Crippen molar-refractivity contribution in [3.8, 4) is 5.69 Å². The number of benzene rings is 2. The lowest BCUT2D eigenvalue weighted by Crippen LogP contribution is -2.08. The second-order valence-corrected chi connectivity index (χ2v) is 8.00. The van der Waals surface area contributed by atoms with Gasteiger partial charge in [-0.1, -0.05) is 42.1 Å². The average molecular weight is 378 g/mol. The van der Waals surface area contributed by atoms with Crippen LogP contribution in [0.4, 0.5) is 0 Å². The van der Waals surface area contributed by atoms with Crippen molar-refractivity contribution in [3.05, 3.63) is 70.5 Å². The molecule has 5 heteroatoms. The zero-order chi connectivity index (χ0) is 18.8. The van der Waals surface area contributed by atoms with Gasteiger partial charge in [-0.3, -0.25) is 9.36 Å². The van der Waals surface area contributed by atoms with E-state index < -0.39 is 0 Å². The highest BCUT2D eigenvalue weighted by molar-refractivity contribution is 7.99. The second kappa shape index (κ2) is 7.69. The lowest BCUT2D eigenvalue weighted by atomic mass is 9.90. The predicted octanol–water partition coefficient (Wildman–Crippen LogP) is 4.74. The summed E-state index contributed by atoms with van der Waals surface area (Å²) in [5.74, 6) is 1.33. The number of ketones is 1. The highest BCUT2D eigenvalue weighted by atomic mass is 32.2. The molecule has 4 nitrogen and oxygen atoms in total. The molecule has 0 N–H and O–H groups in total. The molecule has 0 unspecified atom stereocenters. The SMILES string of the molecule is Cc1ccccc1-n1c(C)nnc1SCC(=O)c1ccc2c(c1)CCCC2. The third-order valence-corrected chi connectivity index (χ3v) is 6.08. The van der Waals surface area contributed by atoms with Crippen molar-refractivity contribution in [1.29, 1.82) is 0 Å². The molecule has 27 heavy (non-hydrogen) atoms. The van der Waals surface area contributed by atoms with Crippen molar-refractivity contribution in [2.24, 2.45) is 0 Å². The number of hydrogen-bond donors (Lipinski definition) is 0. The van der Waals surface area contributed by atoms with E-state index in [0.29, 0.717) is 5.75 Å². The van der Waals surface area contributed by atoms with Gasteiger partial charge in [0, 0.05) is 5.56 Å². The molecule has 0 radical (unpaired) electrons. The number of fused-ring (bicyclic) bond motifs is 1. The summed E-state index contributed by atoms with van der Waals surface area (Å²) in [5, 5.41) is 9.27. The Morgan fingerprint density at radius 3 is 2.63 bits per heavy atom. The first-order valence-corrected chi connectivity index (χ1v) is 10.4. The van der Waals surface area contributed by atoms with Crippen molar-refractivity contribution >= 4 is 17.5 Å². The Morgan fingerprint density at radius 2 is 1.81 bits per heavy atom. The largest absolute Gasteiger partial charge is 0.293 e. The maximum Gasteiger partial charge on any atom is 0.196 e. The first kappa shape index (κ1) is 18.0. The molecule has 138 valence electrons. The maximum absolute atomic E-state index is 12.7. The highest BCUT2D eigenvalue weighted by Gasteiger charge is 2.17. The minimum absolute atomic E-state index is 0.144. The monoisotopic (exact) mass is 377 g/mol. The summed E-state index contributed by atoms with van der Waals surface area (Å²) < 4.78 is 2.03. The second-order valence-electron chi connectivity index (χ2n) is 7.05. The molecule has 1 aromatic heterocycles. The van der Waals surface area contributed by atoms with E-state index in [9.17, 15) is 4.79 Å². The van der Waals surface area contributed by atoms with Crippen LogP contribution in [0.3, 0.4) is 0 Å². The van der Waals surface area contributed by atoms with Gasteiger partial charge >= 0.3 is 0 Å². The van der Waals surface area contributed by atoms with Gasteiger partial charge in [0.05, 0.1) is 11.4 Å². The van der Waals surface area contributed by atoms with Crippen LogP contribution in [0.25, 0.3) is 5.69 Å². The molecule has 0 spiro atoms. The van der Waals surface area contributed by atoms with Gasteiger partial charge in [0.25, 0.3) is 0 Å². The molecule has 0 amide bonds. The minimum Gasteiger partial charge on any atom is -0.293 e. The third-order valence-electron chi connectivity index (χ3n) is 5.15. The Kier molecular flexibility index (Phi) is 5.12. The molecule has 3 aromatic rings. The number of carbonyl (C=O) groups is 1. The number of para-hydroxylation sites is 1. The van der Waals surface area contributed by atoms with Gasteiger partial charge in [-0.05, 0) is 68.4 Å². The molecule has 1 heterocycles. The summed E-state index contributed by atoms with van der Waals surface area (Å²) in [6.45, 7) is 4.01. The molecule has 0 saturated heterocycles. The summed E-state index contributed by atoms with van der Waals surface area (Å²) in [6, 6.07) is 14.4. The summed E-state index contributed by atoms with van der Waals surface area (Å²) in [5.41, 5.74) is 5.77. The number of aryl methyl sites for hydroxylation is 4. The quantitative estimate of drug-likeness (QED) is 0.476. The van der Waals surface area contributed by atoms with Gasteiger partial charge in [-0.2, -0.15) is 0 Å². The zero-order valence-corrected chi connectivity index (χ0v) is 16.6. The standard InChI is InChI=1S/C22H23N3OS/c1-15-7-3-6-10-20(15)25-16(2)23-24-22(25)27-14-21(26)19-12-11-17-8-4-5-9-18(17)13-19/h3,6-7,10-13H,4-5,8-9,14H2,1-2H3. The van der Waals surface area contributed by atoms with Crippen molar-refractivity contribution in [2.45, 2.75) is 44.7 Å². The van der Waals surface area contributed by atoms with Crippen molar-refractivity contribution < 1.29 is 4.79 Å². The molecule has 1 aliphatic rings. The molecule has 0 bridgehead atoms. The van der Waals surface area contributed by atoms with Gasteiger partial charge in [0.15, 0.2) is 10.9 Å². The van der Waals surface area contributed by atoms with Crippen LogP contribution in [-0.4, -0.2) is 26.3 Å². The predicted molar refractivity (Wildman–Crippen MR) is 109 cm³/mol. The van der Waals surface area contributed by atoms with E-state index in [1.165, 1.54) is 35.7 Å². The fourth-order valence-electron chi connectivity index (χ4n) is 3.65. The Morgan fingerprint density at radius 1 is 1.04 bits per heavy atom. The Bertz CT molecular complexity index is 993. The van der Waals surface area contributed by atoms with Gasteiger partial charge in [-0.15, -0.1) is 10.2 Å². The van der Waals surface area contributed by atoms with E-state index in [-0.39, 0.29) is 5.78 Å². The van der Waals surface area contributed by atoms with Gasteiger partial charge in [0.2, 0.25) is 0 Å². The van der Waals surface area contributed by atoms with E-state index in [4.69, 9.17) is 0 Å². The first-order chi connectivity index (χ1) is 13.1. The lowest BCUT2D eigenvalue weighted by molar-refractivity contribution is 0.102. The number of Topliss-reactive ketones (excluding diaryl/α,β-unsaturated/α-hetero) is 1. The number of carbonyl (C=O) groups excluding carboxylic acids is 1. The smallest absolute Gasteiger partial charge is 0.196 e. The fraction of sp³-hybridized carbons (Fsp3) is 0.318. The van der Waals surface area contributed by atoms with Crippen LogP contribution in [0.5, 0.6) is 0 Å². The summed E-state index contributed by atoms with van der Waals surface area (Å²) in [4.78, 5) is 12.7. The van der Waals surface area contributed by atoms with E-state index >= 15 is 0 Å². The molecular formula is C22H23N3OS. The summed E-state index contributed by atoms with van der Waals surface area (Å²) >= 11 is 1.45. The molecule has 0 saturated carbocycles. The third kappa shape index (κ3) is 3.69. The maximum atomic E-state index is 12.7. The van der Waals surface area contributed by atoms with Gasteiger partial charge in [-0.25, -0.2) is 0 Å². The number of hydrogen-bond acceptors (Lipinski definition) is 4. The molecule has 0 atom stereocenters. The van der Waals surface area contributed by atoms with Crippen molar-refractivity contribution in [2.75, 3.05) is 5.75 Å². The zero-order valence-electron chi connectivity index (χ0n) is 15.7. The summed E-state index contributed by atoms with van der Waals surface area (Å²) in [6.07, 6.45) is 4.70. The van der Waals surface area contributed by atoms with E-state index in [2.05, 4.69) is 41.4 Å². The van der Waals surface area contributed by atoms with Crippen LogP contribution in [-0.2, 0) is 12.8 Å². The number of thioether (sulfide) groups is 1. The Labute approximate surface area is 164 Å². The normalized spacial score (nSPS) is 13.4. The van der Waals surface area contributed by atoms with Crippen LogP contribution in [0.2, 0.25) is 0 Å². The van der Waals surface area contributed by atoms with Crippen molar-refractivity contribution in [1.82, 2.24) is 14.8 Å². The lowest BCUT2D eigenvalue weighted by Gasteiger charge is -2.16. The Hall–Kier alpha value is -2.40. The molecular weight excluding hydrogens is 354 g/mol. The van der Waals surface area contributed by atoms with Crippen LogP contribution in [0.1, 0.15) is 45.7 Å². The van der Waals surface area contributed by atoms with Gasteiger partial charge in [0.1, 0.15) is 5.82 Å². The number of nitrogens with zero attached hydrogens (tertiary/aromatic N) is 3. The first-order valence-electron chi connectivity index (χ1n) is 9.39. The van der Waals surface area contributed by atoms with Crippen LogP contribution in [0.15, 0.2) is 47.6 Å². The van der Waals surface area contributed by atoms with Crippen LogP contribution in [0, 0.1) is 13.8 Å². The van der Waals surface area contributed by atoms with E-state index in [1.807, 2.05) is 29.7 Å². The van der Waals surface area contributed by atoms with Crippen LogP contribution < -0.4 is 0 Å². The number of rotatable bonds is 5. The highest BCUT2D eigenvalue weighted by Crippen LogP contribution is 2.26. The topological polar surface area (TPSA) is 47.8 Å². The minimum atomic E-state index is 0.144. The molecule has 0 fully saturated rings. The average Bonchev–Trinajstić information content (AvgIpc) is 3.06.